The molecule has 28 heavy (non-hydrogen) atoms. The van der Waals surface area contributed by atoms with E-state index in [9.17, 15) is 9.59 Å². The Morgan fingerprint density at radius 1 is 1.00 bits per heavy atom. The van der Waals surface area contributed by atoms with Crippen LogP contribution in [0.2, 0.25) is 0 Å². The third-order valence-electron chi connectivity index (χ3n) is 6.30. The maximum atomic E-state index is 13.0. The largest absolute Gasteiger partial charge is 0.338 e. The number of hydrogen-bond donors (Lipinski definition) is 0. The molecule has 2 aromatic rings. The number of aryl methyl sites for hydroxylation is 2. The van der Waals surface area contributed by atoms with Crippen LogP contribution in [0, 0.1) is 19.8 Å². The first-order chi connectivity index (χ1) is 13.5. The van der Waals surface area contributed by atoms with Crippen molar-refractivity contribution in [1.29, 1.82) is 0 Å². The topological polar surface area (TPSA) is 58.4 Å². The molecule has 1 saturated heterocycles. The molecule has 6 heteroatoms. The Morgan fingerprint density at radius 3 is 2.32 bits per heavy atom. The van der Waals surface area contributed by atoms with Gasteiger partial charge in [-0.25, -0.2) is 0 Å². The fourth-order valence-electron chi connectivity index (χ4n) is 4.51. The molecule has 0 N–H and O–H groups in total. The number of benzene rings is 1. The second kappa shape index (κ2) is 7.41. The molecule has 1 aromatic heterocycles. The van der Waals surface area contributed by atoms with Gasteiger partial charge in [-0.3, -0.25) is 14.3 Å². The summed E-state index contributed by atoms with van der Waals surface area (Å²) in [5.74, 6) is 0.307. The summed E-state index contributed by atoms with van der Waals surface area (Å²) < 4.78 is 1.76. The van der Waals surface area contributed by atoms with Gasteiger partial charge in [-0.1, -0.05) is 24.3 Å². The minimum absolute atomic E-state index is 0.0189. The van der Waals surface area contributed by atoms with E-state index >= 15 is 0 Å². The van der Waals surface area contributed by atoms with Gasteiger partial charge in [0.15, 0.2) is 0 Å². The fraction of sp³-hybridized carbons (Fsp3) is 0.500. The van der Waals surface area contributed by atoms with E-state index in [4.69, 9.17) is 0 Å². The van der Waals surface area contributed by atoms with Crippen LogP contribution in [-0.2, 0) is 24.8 Å². The molecule has 0 unspecified atom stereocenters. The van der Waals surface area contributed by atoms with Crippen molar-refractivity contribution in [2.24, 2.45) is 13.0 Å². The molecule has 2 aliphatic rings. The normalized spacial score (nSPS) is 17.5. The van der Waals surface area contributed by atoms with Crippen LogP contribution in [-0.4, -0.2) is 51.0 Å². The van der Waals surface area contributed by atoms with Gasteiger partial charge in [-0.2, -0.15) is 5.10 Å². The van der Waals surface area contributed by atoms with E-state index in [2.05, 4.69) is 23.3 Å². The smallest absolute Gasteiger partial charge is 0.257 e. The first-order valence-corrected chi connectivity index (χ1v) is 10.1. The highest BCUT2D eigenvalue weighted by atomic mass is 16.2. The van der Waals surface area contributed by atoms with Crippen molar-refractivity contribution in [3.63, 3.8) is 0 Å². The predicted octanol–water partition coefficient (Wildman–Crippen LogP) is 2.47. The van der Waals surface area contributed by atoms with Crippen LogP contribution < -0.4 is 0 Å². The van der Waals surface area contributed by atoms with Crippen LogP contribution in [0.4, 0.5) is 0 Å². The summed E-state index contributed by atoms with van der Waals surface area (Å²) in [5, 5.41) is 4.36. The Bertz CT molecular complexity index is 909. The van der Waals surface area contributed by atoms with Crippen molar-refractivity contribution in [3.8, 4) is 0 Å². The molecule has 0 radical (unpaired) electrons. The number of carbonyl (C=O) groups is 2. The lowest BCUT2D eigenvalue weighted by Crippen LogP contribution is -2.45. The minimum atomic E-state index is 0.0189. The number of amides is 2. The number of nitrogens with zero attached hydrogens (tertiary/aromatic N) is 4. The SMILES string of the molecule is Cc1nn(C)c(C)c1C(=O)N1CCC(C(=O)N2CCc3ccccc3C2)CC1. The number of piperidine rings is 1. The van der Waals surface area contributed by atoms with Gasteiger partial charge in [0.2, 0.25) is 5.91 Å². The molecule has 0 aliphatic carbocycles. The summed E-state index contributed by atoms with van der Waals surface area (Å²) >= 11 is 0. The lowest BCUT2D eigenvalue weighted by molar-refractivity contribution is -0.137. The summed E-state index contributed by atoms with van der Waals surface area (Å²) in [7, 11) is 1.86. The van der Waals surface area contributed by atoms with Gasteiger partial charge in [0, 0.05) is 44.8 Å². The van der Waals surface area contributed by atoms with E-state index in [1.54, 1.807) is 4.68 Å². The molecule has 0 atom stereocenters. The summed E-state index contributed by atoms with van der Waals surface area (Å²) in [4.78, 5) is 29.9. The van der Waals surface area contributed by atoms with Crippen molar-refractivity contribution in [1.82, 2.24) is 19.6 Å². The lowest BCUT2D eigenvalue weighted by atomic mass is 9.92. The molecular formula is C22H28N4O2. The number of likely N-dealkylation sites (tertiary alicyclic amines) is 1. The van der Waals surface area contributed by atoms with Crippen LogP contribution in [0.1, 0.15) is 45.7 Å². The Balaban J connectivity index is 1.38. The van der Waals surface area contributed by atoms with E-state index in [1.807, 2.05) is 36.8 Å². The average Bonchev–Trinajstić information content (AvgIpc) is 2.98. The van der Waals surface area contributed by atoms with Gasteiger partial charge < -0.3 is 9.80 Å². The molecule has 2 aliphatic heterocycles. The molecular weight excluding hydrogens is 352 g/mol. The summed E-state index contributed by atoms with van der Waals surface area (Å²) in [5.41, 5.74) is 4.99. The zero-order chi connectivity index (χ0) is 19.8. The highest BCUT2D eigenvalue weighted by Crippen LogP contribution is 2.26. The van der Waals surface area contributed by atoms with Gasteiger partial charge >= 0.3 is 0 Å². The zero-order valence-corrected chi connectivity index (χ0v) is 16.9. The van der Waals surface area contributed by atoms with E-state index < -0.39 is 0 Å². The monoisotopic (exact) mass is 380 g/mol. The van der Waals surface area contributed by atoms with Crippen LogP contribution in [0.5, 0.6) is 0 Å². The van der Waals surface area contributed by atoms with E-state index in [1.165, 1.54) is 11.1 Å². The molecule has 0 bridgehead atoms. The first-order valence-electron chi connectivity index (χ1n) is 10.1. The summed E-state index contributed by atoms with van der Waals surface area (Å²) in [6.07, 6.45) is 2.40. The Hall–Kier alpha value is -2.63. The fourth-order valence-corrected chi connectivity index (χ4v) is 4.51. The Morgan fingerprint density at radius 2 is 1.68 bits per heavy atom. The first kappa shape index (κ1) is 18.7. The number of carbonyl (C=O) groups excluding carboxylic acids is 2. The highest BCUT2D eigenvalue weighted by Gasteiger charge is 2.33. The van der Waals surface area contributed by atoms with Gasteiger partial charge in [-0.05, 0) is 44.2 Å². The van der Waals surface area contributed by atoms with E-state index in [0.29, 0.717) is 25.2 Å². The molecule has 2 amide bonds. The molecule has 6 nitrogen and oxygen atoms in total. The number of rotatable bonds is 2. The second-order valence-corrected chi connectivity index (χ2v) is 8.01. The quantitative estimate of drug-likeness (QED) is 0.804. The van der Waals surface area contributed by atoms with Crippen molar-refractivity contribution in [2.75, 3.05) is 19.6 Å². The number of fused-ring (bicyclic) bond motifs is 1. The van der Waals surface area contributed by atoms with Crippen molar-refractivity contribution in [2.45, 2.75) is 39.7 Å². The van der Waals surface area contributed by atoms with Crippen molar-refractivity contribution < 1.29 is 9.59 Å². The van der Waals surface area contributed by atoms with E-state index in [-0.39, 0.29) is 17.7 Å². The van der Waals surface area contributed by atoms with Gasteiger partial charge in [0.1, 0.15) is 0 Å². The van der Waals surface area contributed by atoms with Gasteiger partial charge in [-0.15, -0.1) is 0 Å². The molecule has 3 heterocycles. The molecule has 1 fully saturated rings. The molecule has 0 saturated carbocycles. The van der Waals surface area contributed by atoms with Crippen molar-refractivity contribution >= 4 is 11.8 Å². The number of aromatic nitrogens is 2. The average molecular weight is 380 g/mol. The second-order valence-electron chi connectivity index (χ2n) is 8.01. The van der Waals surface area contributed by atoms with Crippen LogP contribution in [0.3, 0.4) is 0 Å². The highest BCUT2D eigenvalue weighted by molar-refractivity contribution is 5.96. The predicted molar refractivity (Wildman–Crippen MR) is 107 cm³/mol. The van der Waals surface area contributed by atoms with Gasteiger partial charge in [0.25, 0.3) is 5.91 Å². The standard InChI is InChI=1S/C22H28N4O2/c1-15-20(16(2)24(3)23-15)22(28)25-11-9-18(10-12-25)21(27)26-13-8-17-6-4-5-7-19(17)14-26/h4-7,18H,8-14H2,1-3H3. The third kappa shape index (κ3) is 3.32. The van der Waals surface area contributed by atoms with Gasteiger partial charge in [0.05, 0.1) is 11.3 Å². The Labute approximate surface area is 166 Å². The number of hydrogen-bond acceptors (Lipinski definition) is 3. The third-order valence-corrected chi connectivity index (χ3v) is 6.30. The maximum absolute atomic E-state index is 13.0. The molecule has 1 aromatic carbocycles. The minimum Gasteiger partial charge on any atom is -0.338 e. The van der Waals surface area contributed by atoms with E-state index in [0.717, 1.165) is 37.2 Å². The zero-order valence-electron chi connectivity index (χ0n) is 16.9. The summed E-state index contributed by atoms with van der Waals surface area (Å²) in [6, 6.07) is 8.38. The van der Waals surface area contributed by atoms with Crippen LogP contribution in [0.15, 0.2) is 24.3 Å². The van der Waals surface area contributed by atoms with Crippen LogP contribution >= 0.6 is 0 Å². The Kier molecular flexibility index (Phi) is 4.96. The molecule has 0 spiro atoms. The lowest BCUT2D eigenvalue weighted by Gasteiger charge is -2.36. The molecule has 4 rings (SSSR count). The van der Waals surface area contributed by atoms with Crippen LogP contribution in [0.25, 0.3) is 0 Å². The summed E-state index contributed by atoms with van der Waals surface area (Å²) in [6.45, 7) is 6.58. The molecule has 148 valence electrons. The van der Waals surface area contributed by atoms with Crippen molar-refractivity contribution in [3.05, 3.63) is 52.3 Å². The maximum Gasteiger partial charge on any atom is 0.257 e.